The minimum absolute atomic E-state index is 1.22. The standard InChI is InChI=1S/Cl10N5P5/c1-16(2)11-12(17(3)4)14(19(7)8)15(20(9)10)13(11)18(5)6. The molecule has 20 heavy (non-hydrogen) atoms. The van der Waals surface area contributed by atoms with Gasteiger partial charge < -0.3 is 0 Å². The highest BCUT2D eigenvalue weighted by molar-refractivity contribution is 8.08. The Morgan fingerprint density at radius 1 is 0.300 bits per heavy atom. The average Bonchev–Trinajstić information content (AvgIpc) is 2.64. The van der Waals surface area contributed by atoms with E-state index in [0.29, 0.717) is 0 Å². The number of rotatable bonds is 5. The highest BCUT2D eigenvalue weighted by Gasteiger charge is 2.33. The highest BCUT2D eigenvalue weighted by atomic mass is 35.9. The second-order valence-electron chi connectivity index (χ2n) is 2.42. The first-order valence-corrected chi connectivity index (χ1v) is 19.2. The van der Waals surface area contributed by atoms with E-state index < -0.39 is 33.9 Å². The van der Waals surface area contributed by atoms with Gasteiger partial charge in [-0.1, -0.05) is 0 Å². The van der Waals surface area contributed by atoms with Crippen molar-refractivity contribution in [3.05, 3.63) is 0 Å². The van der Waals surface area contributed by atoms with E-state index in [2.05, 4.69) is 0 Å². The maximum Gasteiger partial charge on any atom is 0.230 e. The topological polar surface area (TPSA) is 24.6 Å². The molecule has 0 N–H and O–H groups in total. The first-order valence-electron chi connectivity index (χ1n) is 3.69. The van der Waals surface area contributed by atoms with Gasteiger partial charge in [-0.2, -0.15) is 0 Å². The van der Waals surface area contributed by atoms with Crippen LogP contribution in [0.5, 0.6) is 0 Å². The van der Waals surface area contributed by atoms with Gasteiger partial charge in [-0.15, -0.1) is 22.8 Å². The molecular weight excluding hydrogens is 579 g/mol. The molecule has 1 heterocycles. The third-order valence-electron chi connectivity index (χ3n) is 1.48. The number of aromatic nitrogens is 5. The van der Waals surface area contributed by atoms with E-state index in [4.69, 9.17) is 112 Å². The molecule has 0 saturated carbocycles. The Labute approximate surface area is 167 Å². The van der Waals surface area contributed by atoms with Crippen molar-refractivity contribution >= 4 is 146 Å². The van der Waals surface area contributed by atoms with Crippen LogP contribution < -0.4 is 0 Å². The minimum atomic E-state index is -1.82. The van der Waals surface area contributed by atoms with Crippen LogP contribution in [-0.4, -0.2) is 22.8 Å². The van der Waals surface area contributed by atoms with Gasteiger partial charge in [-0.05, 0) is 112 Å². The van der Waals surface area contributed by atoms with Crippen LogP contribution in [0.3, 0.4) is 0 Å². The molecule has 1 aromatic rings. The molecule has 0 atom stereocenters. The molecule has 0 aromatic carbocycles. The smallest absolute Gasteiger partial charge is 0.130 e. The summed E-state index contributed by atoms with van der Waals surface area (Å²) in [5.41, 5.74) is 0. The summed E-state index contributed by atoms with van der Waals surface area (Å²) in [7, 11) is 0. The normalized spacial score (nSPS) is 12.8. The Morgan fingerprint density at radius 2 is 0.400 bits per heavy atom. The molecule has 0 saturated heterocycles. The molecule has 0 aliphatic carbocycles. The van der Waals surface area contributed by atoms with E-state index in [9.17, 15) is 0 Å². The second kappa shape index (κ2) is 9.67. The van der Waals surface area contributed by atoms with E-state index in [1.54, 1.807) is 0 Å². The van der Waals surface area contributed by atoms with Crippen LogP contribution in [0.25, 0.3) is 0 Å². The van der Waals surface area contributed by atoms with Crippen LogP contribution >= 0.6 is 146 Å². The van der Waals surface area contributed by atoms with Crippen LogP contribution in [0.15, 0.2) is 0 Å². The van der Waals surface area contributed by atoms with Crippen molar-refractivity contribution in [1.82, 2.24) is 22.8 Å². The number of hydrogen-bond acceptors (Lipinski definition) is 0. The van der Waals surface area contributed by atoms with E-state index in [1.165, 1.54) is 22.8 Å². The van der Waals surface area contributed by atoms with Gasteiger partial charge in [0.1, 0.15) is 0 Å². The monoisotopic (exact) mass is 575 g/mol. The average molecular weight is 579 g/mol. The maximum absolute atomic E-state index is 5.95. The lowest BCUT2D eigenvalue weighted by atomic mass is 12.6. The Kier molecular flexibility index (Phi) is 10.7. The van der Waals surface area contributed by atoms with Crippen molar-refractivity contribution in [3.63, 3.8) is 0 Å². The predicted molar refractivity (Wildman–Crippen MR) is 104 cm³/mol. The molecule has 0 bridgehead atoms. The zero-order chi connectivity index (χ0) is 15.8. The van der Waals surface area contributed by atoms with Crippen molar-refractivity contribution in [2.24, 2.45) is 0 Å². The van der Waals surface area contributed by atoms with Gasteiger partial charge >= 0.3 is 0 Å². The summed E-state index contributed by atoms with van der Waals surface area (Å²) in [5, 5.41) is 0. The zero-order valence-corrected chi connectivity index (χ0v) is 20.3. The van der Waals surface area contributed by atoms with Crippen molar-refractivity contribution in [3.8, 4) is 0 Å². The van der Waals surface area contributed by atoms with Gasteiger partial charge in [-0.25, -0.2) is 0 Å². The summed E-state index contributed by atoms with van der Waals surface area (Å²) in [6.07, 6.45) is 0. The number of hydrogen-bond donors (Lipinski definition) is 0. The highest BCUT2D eigenvalue weighted by Crippen LogP contribution is 2.65. The molecule has 1 rings (SSSR count). The molecule has 0 fully saturated rings. The number of halogens is 10. The predicted octanol–water partition coefficient (Wildman–Crippen LogP) is 9.58. The van der Waals surface area contributed by atoms with E-state index >= 15 is 0 Å². The van der Waals surface area contributed by atoms with Gasteiger partial charge in [0.25, 0.3) is 0 Å². The summed E-state index contributed by atoms with van der Waals surface area (Å²) in [5.74, 6) is 0. The van der Waals surface area contributed by atoms with Crippen molar-refractivity contribution in [2.75, 3.05) is 0 Å². The Hall–Kier alpha value is 4.05. The molecule has 0 aliphatic heterocycles. The third-order valence-corrected chi connectivity index (χ3v) is 9.29. The summed E-state index contributed by atoms with van der Waals surface area (Å²) in [4.78, 5) is 0. The molecule has 0 radical (unpaired) electrons. The van der Waals surface area contributed by atoms with E-state index in [0.717, 1.165) is 0 Å². The summed E-state index contributed by atoms with van der Waals surface area (Å²) in [6.45, 7) is -9.10. The molecule has 5 nitrogen and oxygen atoms in total. The fraction of sp³-hybridized carbons (Fsp3) is 0. The molecule has 0 unspecified atom stereocenters. The minimum Gasteiger partial charge on any atom is -0.130 e. The first kappa shape index (κ1) is 22.1. The molecule has 1 aromatic heterocycles. The van der Waals surface area contributed by atoms with Gasteiger partial charge in [0, 0.05) is 0 Å². The van der Waals surface area contributed by atoms with Crippen LogP contribution in [0.2, 0.25) is 0 Å². The largest absolute Gasteiger partial charge is 0.230 e. The van der Waals surface area contributed by atoms with Gasteiger partial charge in [0.2, 0.25) is 33.9 Å². The van der Waals surface area contributed by atoms with Gasteiger partial charge in [0.15, 0.2) is 0 Å². The van der Waals surface area contributed by atoms with E-state index in [1.807, 2.05) is 0 Å². The zero-order valence-electron chi connectivity index (χ0n) is 8.25. The van der Waals surface area contributed by atoms with Crippen LogP contribution in [0.1, 0.15) is 0 Å². The lowest BCUT2D eigenvalue weighted by molar-refractivity contribution is 0.710. The molecule has 0 spiro atoms. The fourth-order valence-corrected chi connectivity index (χ4v) is 12.3. The molecule has 20 heteroatoms. The molecule has 0 amide bonds. The fourth-order valence-electron chi connectivity index (χ4n) is 0.963. The van der Waals surface area contributed by atoms with Gasteiger partial charge in [0.05, 0.1) is 0 Å². The van der Waals surface area contributed by atoms with Crippen LogP contribution in [0.4, 0.5) is 0 Å². The maximum atomic E-state index is 5.95. The quantitative estimate of drug-likeness (QED) is 0.311. The van der Waals surface area contributed by atoms with Crippen LogP contribution in [-0.2, 0) is 0 Å². The van der Waals surface area contributed by atoms with Gasteiger partial charge in [-0.3, -0.25) is 0 Å². The Balaban J connectivity index is 3.85. The molecular formula is Cl10N5P5. The Morgan fingerprint density at radius 3 is 0.450 bits per heavy atom. The SMILES string of the molecule is ClP(Cl)n1n(P(Cl)Cl)n(P(Cl)Cl)n(P(Cl)Cl)n1P(Cl)Cl. The lowest BCUT2D eigenvalue weighted by Gasteiger charge is -2.15. The summed E-state index contributed by atoms with van der Waals surface area (Å²) < 4.78 is 6.09. The number of nitrogens with zero attached hydrogens (tertiary/aromatic N) is 5. The van der Waals surface area contributed by atoms with E-state index in [-0.39, 0.29) is 0 Å². The molecule has 0 aliphatic rings. The van der Waals surface area contributed by atoms with Crippen LogP contribution in [0, 0.1) is 0 Å². The van der Waals surface area contributed by atoms with Crippen molar-refractivity contribution in [2.45, 2.75) is 0 Å². The second-order valence-corrected chi connectivity index (χ2v) is 18.6. The summed E-state index contributed by atoms with van der Waals surface area (Å²) >= 11 is 59.5. The lowest BCUT2D eigenvalue weighted by Crippen LogP contribution is -2.09. The third kappa shape index (κ3) is 5.04. The first-order chi connectivity index (χ1) is 9.11. The van der Waals surface area contributed by atoms with Crippen molar-refractivity contribution in [1.29, 1.82) is 0 Å². The van der Waals surface area contributed by atoms with Crippen molar-refractivity contribution < 1.29 is 0 Å². The Bertz CT molecular complexity index is 354. The molecule has 120 valence electrons. The summed E-state index contributed by atoms with van der Waals surface area (Å²) in [6, 6.07) is 0.